The Morgan fingerprint density at radius 1 is 1.56 bits per heavy atom. The largest absolute Gasteiger partial charge is 0.213 e. The molecule has 9 heavy (non-hydrogen) atoms. The molecular weight excluding hydrogens is 138 g/mol. The molecule has 0 aromatic carbocycles. The van der Waals surface area contributed by atoms with Crippen molar-refractivity contribution in [2.45, 2.75) is 0 Å². The summed E-state index contributed by atoms with van der Waals surface area (Å²) in [6, 6.07) is 0. The molecule has 0 spiro atoms. The van der Waals surface area contributed by atoms with Crippen LogP contribution in [-0.2, 0) is 10.0 Å². The van der Waals surface area contributed by atoms with Crippen LogP contribution in [0.15, 0.2) is 0 Å². The first-order valence-electron chi connectivity index (χ1n) is 2.78. The molecule has 1 aliphatic heterocycles. The second-order valence-electron chi connectivity index (χ2n) is 2.45. The van der Waals surface area contributed by atoms with Crippen molar-refractivity contribution in [1.29, 1.82) is 0 Å². The summed E-state index contributed by atoms with van der Waals surface area (Å²) in [5, 5.41) is 0. The third-order valence-electron chi connectivity index (χ3n) is 1.39. The molecule has 0 N–H and O–H groups in total. The molecule has 0 aliphatic carbocycles. The maximum atomic E-state index is 10.7. The Bertz CT molecular complexity index is 191. The van der Waals surface area contributed by atoms with E-state index in [0.717, 1.165) is 0 Å². The lowest BCUT2D eigenvalue weighted by molar-refractivity contribution is 0.242. The summed E-state index contributed by atoms with van der Waals surface area (Å²) < 4.78 is 22.7. The summed E-state index contributed by atoms with van der Waals surface area (Å²) in [5.41, 5.74) is 0. The lowest BCUT2D eigenvalue weighted by Gasteiger charge is -2.34. The van der Waals surface area contributed by atoms with Gasteiger partial charge in [-0.05, 0) is 12.8 Å². The van der Waals surface area contributed by atoms with Gasteiger partial charge in [-0.15, -0.1) is 0 Å². The third kappa shape index (κ3) is 1.43. The lowest BCUT2D eigenvalue weighted by atomic mass is 10.1. The molecule has 1 fully saturated rings. The van der Waals surface area contributed by atoms with Gasteiger partial charge in [0.25, 0.3) is 0 Å². The molecule has 0 bridgehead atoms. The minimum absolute atomic E-state index is 0.305. The summed E-state index contributed by atoms with van der Waals surface area (Å²) in [7, 11) is -2.91. The molecule has 1 saturated heterocycles. The summed E-state index contributed by atoms with van der Waals surface area (Å²) in [4.78, 5) is 0. The monoisotopic (exact) mass is 148 g/mol. The summed E-state index contributed by atoms with van der Waals surface area (Å²) in [6.07, 6.45) is 1.22. The summed E-state index contributed by atoms with van der Waals surface area (Å²) >= 11 is 0. The number of hydrogen-bond donors (Lipinski definition) is 0. The molecule has 1 heterocycles. The molecule has 0 aromatic rings. The molecule has 53 valence electrons. The van der Waals surface area contributed by atoms with Crippen LogP contribution in [0.25, 0.3) is 0 Å². The van der Waals surface area contributed by atoms with Crippen LogP contribution >= 0.6 is 0 Å². The molecular formula is C5H10NO2S. The highest BCUT2D eigenvalue weighted by Gasteiger charge is 2.29. The quantitative estimate of drug-likeness (QED) is 0.512. The number of rotatable bonds is 1. The van der Waals surface area contributed by atoms with Crippen LogP contribution in [0, 0.1) is 12.8 Å². The van der Waals surface area contributed by atoms with E-state index in [1.54, 1.807) is 0 Å². The minimum atomic E-state index is -2.91. The van der Waals surface area contributed by atoms with Crippen LogP contribution in [0.5, 0.6) is 0 Å². The highest BCUT2D eigenvalue weighted by Crippen LogP contribution is 2.16. The topological polar surface area (TPSA) is 37.4 Å². The Morgan fingerprint density at radius 3 is 2.11 bits per heavy atom. The van der Waals surface area contributed by atoms with Crippen LogP contribution in [-0.4, -0.2) is 32.1 Å². The maximum absolute atomic E-state index is 10.7. The van der Waals surface area contributed by atoms with Gasteiger partial charge in [0, 0.05) is 13.1 Å². The van der Waals surface area contributed by atoms with Crippen molar-refractivity contribution < 1.29 is 8.42 Å². The Hall–Kier alpha value is -0.0900. The van der Waals surface area contributed by atoms with Crippen molar-refractivity contribution in [2.24, 2.45) is 5.92 Å². The normalized spacial score (nSPS) is 23.8. The van der Waals surface area contributed by atoms with E-state index in [2.05, 4.69) is 6.92 Å². The Kier molecular flexibility index (Phi) is 1.52. The van der Waals surface area contributed by atoms with E-state index < -0.39 is 10.0 Å². The third-order valence-corrected chi connectivity index (χ3v) is 2.63. The van der Waals surface area contributed by atoms with Gasteiger partial charge in [-0.2, -0.15) is 0 Å². The Morgan fingerprint density at radius 2 is 2.00 bits per heavy atom. The van der Waals surface area contributed by atoms with E-state index in [9.17, 15) is 8.42 Å². The van der Waals surface area contributed by atoms with Gasteiger partial charge in [-0.25, -0.2) is 12.7 Å². The van der Waals surface area contributed by atoms with E-state index in [4.69, 9.17) is 0 Å². The van der Waals surface area contributed by atoms with Crippen LogP contribution in [0.4, 0.5) is 0 Å². The zero-order valence-electron chi connectivity index (χ0n) is 5.37. The first-order valence-corrected chi connectivity index (χ1v) is 4.63. The Labute approximate surface area is 55.7 Å². The van der Waals surface area contributed by atoms with Gasteiger partial charge in [0.2, 0.25) is 10.0 Å². The molecule has 0 saturated carbocycles. The van der Waals surface area contributed by atoms with E-state index in [1.807, 2.05) is 0 Å². The second kappa shape index (κ2) is 1.95. The molecule has 0 atom stereocenters. The van der Waals surface area contributed by atoms with E-state index in [-0.39, 0.29) is 0 Å². The van der Waals surface area contributed by atoms with E-state index >= 15 is 0 Å². The molecule has 1 radical (unpaired) electrons. The Balaban J connectivity index is 2.51. The number of nitrogens with zero attached hydrogens (tertiary/aromatic N) is 1. The number of hydrogen-bond acceptors (Lipinski definition) is 2. The molecule has 0 amide bonds. The van der Waals surface area contributed by atoms with Crippen molar-refractivity contribution in [3.63, 3.8) is 0 Å². The predicted octanol–water partition coefficient (Wildman–Crippen LogP) is -0.288. The van der Waals surface area contributed by atoms with Gasteiger partial charge in [0.1, 0.15) is 0 Å². The van der Waals surface area contributed by atoms with Gasteiger partial charge in [0.05, 0.1) is 6.26 Å². The fraction of sp³-hybridized carbons (Fsp3) is 0.800. The molecule has 0 unspecified atom stereocenters. The van der Waals surface area contributed by atoms with Gasteiger partial charge in [0.15, 0.2) is 0 Å². The van der Waals surface area contributed by atoms with Gasteiger partial charge in [-0.1, -0.05) is 0 Å². The molecule has 3 nitrogen and oxygen atoms in total. The van der Waals surface area contributed by atoms with Crippen molar-refractivity contribution in [3.8, 4) is 0 Å². The van der Waals surface area contributed by atoms with Crippen molar-refractivity contribution >= 4 is 10.0 Å². The maximum Gasteiger partial charge on any atom is 0.211 e. The summed E-state index contributed by atoms with van der Waals surface area (Å²) in [5.74, 6) is 0.305. The zero-order chi connectivity index (χ0) is 7.07. The highest BCUT2D eigenvalue weighted by atomic mass is 32.2. The van der Waals surface area contributed by atoms with Crippen LogP contribution < -0.4 is 0 Å². The fourth-order valence-corrected chi connectivity index (χ4v) is 1.76. The average molecular weight is 148 g/mol. The van der Waals surface area contributed by atoms with E-state index in [0.29, 0.717) is 19.0 Å². The number of sulfonamides is 1. The first kappa shape index (κ1) is 7.02. The van der Waals surface area contributed by atoms with Crippen molar-refractivity contribution in [3.05, 3.63) is 6.92 Å². The lowest BCUT2D eigenvalue weighted by Crippen LogP contribution is -2.48. The minimum Gasteiger partial charge on any atom is -0.213 e. The molecule has 1 aliphatic rings. The van der Waals surface area contributed by atoms with Crippen molar-refractivity contribution in [2.75, 3.05) is 19.3 Å². The van der Waals surface area contributed by atoms with E-state index in [1.165, 1.54) is 10.6 Å². The highest BCUT2D eigenvalue weighted by molar-refractivity contribution is 7.88. The van der Waals surface area contributed by atoms with Crippen LogP contribution in [0.3, 0.4) is 0 Å². The van der Waals surface area contributed by atoms with Gasteiger partial charge >= 0.3 is 0 Å². The molecule has 4 heteroatoms. The smallest absolute Gasteiger partial charge is 0.211 e. The molecule has 0 aromatic heterocycles. The first-order chi connectivity index (χ1) is 4.00. The SMILES string of the molecule is [CH2]C1CN(S(C)(=O)=O)C1. The fourth-order valence-electron chi connectivity index (χ4n) is 0.793. The van der Waals surface area contributed by atoms with Crippen LogP contribution in [0.1, 0.15) is 0 Å². The molecule has 1 rings (SSSR count). The second-order valence-corrected chi connectivity index (χ2v) is 4.43. The van der Waals surface area contributed by atoms with Crippen molar-refractivity contribution in [1.82, 2.24) is 4.31 Å². The predicted molar refractivity (Wildman–Crippen MR) is 35.3 cm³/mol. The van der Waals surface area contributed by atoms with Gasteiger partial charge < -0.3 is 0 Å². The average Bonchev–Trinajstić information content (AvgIpc) is 1.55. The van der Waals surface area contributed by atoms with Gasteiger partial charge in [-0.3, -0.25) is 0 Å². The van der Waals surface area contributed by atoms with Crippen LogP contribution in [0.2, 0.25) is 0 Å². The standard InChI is InChI=1S/C5H10NO2S/c1-5-3-6(4-5)9(2,7)8/h5H,1,3-4H2,2H3. The zero-order valence-corrected chi connectivity index (χ0v) is 6.19. The summed E-state index contributed by atoms with van der Waals surface area (Å²) in [6.45, 7) is 4.89.